The summed E-state index contributed by atoms with van der Waals surface area (Å²) in [7, 11) is 8.30. The summed E-state index contributed by atoms with van der Waals surface area (Å²) in [5.41, 5.74) is 0.493. The zero-order valence-corrected chi connectivity index (χ0v) is 36.1. The second kappa shape index (κ2) is 22.3. The number of likely N-dealkylation sites (N-methyl/N-ethyl adjacent to an activating group) is 6. The molecule has 2 N–H and O–H groups in total. The highest BCUT2D eigenvalue weighted by atomic mass is 16.5. The Morgan fingerprint density at radius 3 is 1.31 bits per heavy atom. The van der Waals surface area contributed by atoms with Gasteiger partial charge in [0.1, 0.15) is 49.5 Å². The number of nitrogens with zero attached hydrogens (tertiary/aromatic N) is 5. The van der Waals surface area contributed by atoms with Gasteiger partial charge in [0.15, 0.2) is 0 Å². The van der Waals surface area contributed by atoms with Crippen LogP contribution in [0.1, 0.15) is 62.3 Å². The Morgan fingerprint density at radius 2 is 0.915 bits per heavy atom. The number of aliphatic carboxylic acids is 1. The minimum absolute atomic E-state index is 0.188. The molecule has 2 aromatic rings. The Labute approximate surface area is 346 Å². The molecule has 0 bridgehead atoms. The second-order valence-corrected chi connectivity index (χ2v) is 15.1. The minimum atomic E-state index is -1.50. The summed E-state index contributed by atoms with van der Waals surface area (Å²) in [6.45, 7) is 8.64. The molecule has 0 saturated carbocycles. The first-order valence-electron chi connectivity index (χ1n) is 19.3. The highest BCUT2D eigenvalue weighted by molar-refractivity contribution is 5.97. The van der Waals surface area contributed by atoms with E-state index < -0.39 is 102 Å². The van der Waals surface area contributed by atoms with Crippen LogP contribution in [0, 0.1) is 11.8 Å². The van der Waals surface area contributed by atoms with Crippen molar-refractivity contribution in [1.29, 1.82) is 0 Å². The number of rotatable bonds is 20. The van der Waals surface area contributed by atoms with Crippen molar-refractivity contribution in [3.63, 3.8) is 0 Å². The van der Waals surface area contributed by atoms with Gasteiger partial charge in [0.25, 0.3) is 0 Å². The van der Waals surface area contributed by atoms with Gasteiger partial charge in [-0.2, -0.15) is 0 Å². The lowest BCUT2D eigenvalue weighted by atomic mass is 9.99. The fraction of sp³-hybridized carbons (Fsp3) is 0.524. The summed E-state index contributed by atoms with van der Waals surface area (Å²) < 4.78 is 10.9. The van der Waals surface area contributed by atoms with Gasteiger partial charge in [-0.25, -0.2) is 14.4 Å². The number of benzene rings is 2. The lowest BCUT2D eigenvalue weighted by Crippen LogP contribution is -2.61. The molecule has 0 aromatic heterocycles. The van der Waals surface area contributed by atoms with Crippen LogP contribution in [-0.2, 0) is 38.2 Å². The van der Waals surface area contributed by atoms with Gasteiger partial charge in [0.2, 0.25) is 29.5 Å². The molecule has 17 nitrogen and oxygen atoms in total. The maximum atomic E-state index is 14.4. The number of nitrogens with one attached hydrogen (secondary N) is 1. The largest absolute Gasteiger partial charge is 0.480 e. The summed E-state index contributed by atoms with van der Waals surface area (Å²) in [5, 5.41) is 12.4. The fourth-order valence-electron chi connectivity index (χ4n) is 6.39. The van der Waals surface area contributed by atoms with Crippen LogP contribution in [0.3, 0.4) is 0 Å². The van der Waals surface area contributed by atoms with E-state index in [1.54, 1.807) is 76.2 Å². The van der Waals surface area contributed by atoms with E-state index >= 15 is 0 Å². The molecule has 0 fully saturated rings. The van der Waals surface area contributed by atoms with Gasteiger partial charge in [0.05, 0.1) is 11.1 Å². The molecule has 59 heavy (non-hydrogen) atoms. The first-order chi connectivity index (χ1) is 27.6. The van der Waals surface area contributed by atoms with Crippen LogP contribution in [0.25, 0.3) is 0 Å². The van der Waals surface area contributed by atoms with E-state index in [2.05, 4.69) is 5.32 Å². The Balaban J connectivity index is 2.40. The normalized spacial score (nSPS) is 14.1. The average Bonchev–Trinajstić information content (AvgIpc) is 3.22. The van der Waals surface area contributed by atoms with Gasteiger partial charge >= 0.3 is 17.9 Å². The number of esters is 2. The van der Waals surface area contributed by atoms with Gasteiger partial charge in [-0.1, -0.05) is 64.1 Å². The highest BCUT2D eigenvalue weighted by Gasteiger charge is 2.42. The SMILES string of the molecule is CN[C@@H](COC(=O)c1ccccc1)C(=O)N(C)[C@H](C(=O)N(C)[C@@H](C)C(=O)N(C)[C@@H](COC(=O)c1ccccc1)C(=O)N(C)[C@H](C(=O)N(C)[C@@H](C)C(=O)O)C(C)C)C(C)C. The quantitative estimate of drug-likeness (QED) is 0.184. The molecule has 2 rings (SSSR count). The van der Waals surface area contributed by atoms with Crippen molar-refractivity contribution in [2.75, 3.05) is 55.5 Å². The van der Waals surface area contributed by atoms with Crippen LogP contribution < -0.4 is 5.32 Å². The average molecular weight is 825 g/mol. The molecular weight excluding hydrogens is 764 g/mol. The maximum absolute atomic E-state index is 14.4. The van der Waals surface area contributed by atoms with Crippen molar-refractivity contribution in [1.82, 2.24) is 29.8 Å². The molecule has 0 aliphatic rings. The molecule has 0 aliphatic heterocycles. The number of carbonyl (C=O) groups is 8. The first kappa shape index (κ1) is 49.3. The molecule has 5 amide bonds. The molecule has 6 atom stereocenters. The topological polar surface area (TPSA) is 203 Å². The van der Waals surface area contributed by atoms with Crippen molar-refractivity contribution in [2.24, 2.45) is 11.8 Å². The summed E-state index contributed by atoms with van der Waals surface area (Å²) in [6, 6.07) is 9.06. The Hall–Kier alpha value is -5.84. The number of carboxylic acid groups (broad SMARTS) is 1. The Bertz CT molecular complexity index is 1790. The lowest BCUT2D eigenvalue weighted by molar-refractivity contribution is -0.158. The number of hydrogen-bond acceptors (Lipinski definition) is 11. The second-order valence-electron chi connectivity index (χ2n) is 15.1. The van der Waals surface area contributed by atoms with Crippen molar-refractivity contribution in [3.05, 3.63) is 71.8 Å². The Kier molecular flexibility index (Phi) is 18.7. The number of carboxylic acids is 1. The van der Waals surface area contributed by atoms with Crippen LogP contribution in [0.15, 0.2) is 60.7 Å². The van der Waals surface area contributed by atoms with Gasteiger partial charge < -0.3 is 44.4 Å². The van der Waals surface area contributed by atoms with Crippen LogP contribution >= 0.6 is 0 Å². The van der Waals surface area contributed by atoms with E-state index in [0.717, 1.165) is 19.6 Å². The lowest BCUT2D eigenvalue weighted by Gasteiger charge is -2.39. The maximum Gasteiger partial charge on any atom is 0.338 e. The number of carbonyl (C=O) groups excluding carboxylic acids is 7. The first-order valence-corrected chi connectivity index (χ1v) is 19.3. The van der Waals surface area contributed by atoms with Crippen LogP contribution in [0.5, 0.6) is 0 Å². The standard InChI is InChI=1S/C42H60N6O11/c1-25(2)33(47(11)36(50)31(43-7)23-58-41(56)29-19-15-13-16-20-29)38(52)44(8)27(5)35(49)46(10)32(24-59-42(57)30-21-17-14-18-22-30)37(51)48(12)34(26(3)4)39(53)45(9)28(6)40(54)55/h13-22,25-28,31-34,43H,23-24H2,1-12H3,(H,54,55)/t27-,28-,31-,32-,33-,34-/m0/s1. The third kappa shape index (κ3) is 12.6. The highest BCUT2D eigenvalue weighted by Crippen LogP contribution is 2.20. The number of hydrogen-bond donors (Lipinski definition) is 2. The summed E-state index contributed by atoms with van der Waals surface area (Å²) >= 11 is 0. The predicted octanol–water partition coefficient (Wildman–Crippen LogP) is 1.86. The molecule has 0 spiro atoms. The van der Waals surface area contributed by atoms with E-state index in [1.165, 1.54) is 73.2 Å². The van der Waals surface area contributed by atoms with E-state index in [0.29, 0.717) is 5.56 Å². The van der Waals surface area contributed by atoms with Crippen LogP contribution in [0.2, 0.25) is 0 Å². The molecule has 0 aliphatic carbocycles. The van der Waals surface area contributed by atoms with Crippen LogP contribution in [0.4, 0.5) is 0 Å². The van der Waals surface area contributed by atoms with E-state index in [1.807, 2.05) is 0 Å². The van der Waals surface area contributed by atoms with Gasteiger partial charge in [-0.3, -0.25) is 24.0 Å². The van der Waals surface area contributed by atoms with Crippen molar-refractivity contribution >= 4 is 47.4 Å². The summed E-state index contributed by atoms with van der Waals surface area (Å²) in [5.74, 6) is -6.94. The third-order valence-corrected chi connectivity index (χ3v) is 10.4. The zero-order chi connectivity index (χ0) is 44.9. The van der Waals surface area contributed by atoms with Crippen molar-refractivity contribution < 1.29 is 52.9 Å². The molecule has 17 heteroatoms. The van der Waals surface area contributed by atoms with E-state index in [4.69, 9.17) is 9.47 Å². The monoisotopic (exact) mass is 824 g/mol. The number of amides is 5. The summed E-state index contributed by atoms with van der Waals surface area (Å²) in [6.07, 6.45) is 0. The molecule has 2 aromatic carbocycles. The van der Waals surface area contributed by atoms with Crippen molar-refractivity contribution in [3.8, 4) is 0 Å². The summed E-state index contributed by atoms with van der Waals surface area (Å²) in [4.78, 5) is 113. The van der Waals surface area contributed by atoms with Gasteiger partial charge in [-0.05, 0) is 57.0 Å². The van der Waals surface area contributed by atoms with Crippen molar-refractivity contribution in [2.45, 2.75) is 77.8 Å². The minimum Gasteiger partial charge on any atom is -0.480 e. The van der Waals surface area contributed by atoms with E-state index in [-0.39, 0.29) is 12.2 Å². The number of ether oxygens (including phenoxy) is 2. The fourth-order valence-corrected chi connectivity index (χ4v) is 6.39. The van der Waals surface area contributed by atoms with Crippen LogP contribution in [-0.4, -0.2) is 169 Å². The van der Waals surface area contributed by atoms with E-state index in [9.17, 15) is 43.5 Å². The predicted molar refractivity (Wildman–Crippen MR) is 218 cm³/mol. The molecule has 0 saturated heterocycles. The molecule has 0 radical (unpaired) electrons. The molecule has 0 heterocycles. The van der Waals surface area contributed by atoms with Gasteiger partial charge in [-0.15, -0.1) is 0 Å². The Morgan fingerprint density at radius 1 is 0.525 bits per heavy atom. The molecule has 0 unspecified atom stereocenters. The molecule has 324 valence electrons. The third-order valence-electron chi connectivity index (χ3n) is 10.4. The van der Waals surface area contributed by atoms with Gasteiger partial charge in [0, 0.05) is 35.2 Å². The smallest absolute Gasteiger partial charge is 0.338 e. The zero-order valence-electron chi connectivity index (χ0n) is 36.1. The molecular formula is C42H60N6O11.